The van der Waals surface area contributed by atoms with Crippen LogP contribution in [0.2, 0.25) is 15.1 Å². The number of fused-ring (bicyclic) bond motifs is 1. The highest BCUT2D eigenvalue weighted by atomic mass is 35.5. The topological polar surface area (TPSA) is 76.4 Å². The summed E-state index contributed by atoms with van der Waals surface area (Å²) in [6.45, 7) is 0. The molecule has 0 amide bonds. The number of carbonyl (C=O) groups is 1. The van der Waals surface area contributed by atoms with E-state index in [1.165, 1.54) is 22.2 Å². The van der Waals surface area contributed by atoms with Crippen molar-refractivity contribution in [2.75, 3.05) is 0 Å². The number of halogens is 3. The number of hydrogen-bond donors (Lipinski definition) is 1. The third kappa shape index (κ3) is 3.94. The smallest absolute Gasteiger partial charge is 0.303 e. The van der Waals surface area contributed by atoms with E-state index in [9.17, 15) is 13.2 Å². The van der Waals surface area contributed by atoms with Crippen LogP contribution in [0.25, 0.3) is 10.9 Å². The highest BCUT2D eigenvalue weighted by Crippen LogP contribution is 2.34. The predicted molar refractivity (Wildman–Crippen MR) is 107 cm³/mol. The van der Waals surface area contributed by atoms with Crippen LogP contribution in [0.1, 0.15) is 18.5 Å². The Morgan fingerprint density at radius 1 is 1.07 bits per heavy atom. The molecule has 1 N–H and O–H groups in total. The lowest BCUT2D eigenvalue weighted by Gasteiger charge is -2.13. The van der Waals surface area contributed by atoms with E-state index >= 15 is 0 Å². The summed E-state index contributed by atoms with van der Waals surface area (Å²) in [5, 5.41) is 10.0. The third-order valence-corrected chi connectivity index (χ3v) is 7.02. The van der Waals surface area contributed by atoms with Gasteiger partial charge in [-0.1, -0.05) is 40.9 Å². The number of carboxylic acids is 1. The fourth-order valence-corrected chi connectivity index (χ4v) is 5.37. The van der Waals surface area contributed by atoms with E-state index in [4.69, 9.17) is 39.9 Å². The first-order valence-corrected chi connectivity index (χ1v) is 10.5. The van der Waals surface area contributed by atoms with Gasteiger partial charge in [-0.25, -0.2) is 12.4 Å². The molecule has 0 spiro atoms. The maximum atomic E-state index is 13.4. The Bertz CT molecular complexity index is 1140. The zero-order valence-corrected chi connectivity index (χ0v) is 16.9. The molecule has 0 saturated carbocycles. The van der Waals surface area contributed by atoms with Crippen LogP contribution >= 0.6 is 34.8 Å². The van der Waals surface area contributed by atoms with Crippen LogP contribution in [-0.4, -0.2) is 23.5 Å². The quantitative estimate of drug-likeness (QED) is 0.561. The van der Waals surface area contributed by atoms with Crippen LogP contribution in [-0.2, 0) is 21.2 Å². The highest BCUT2D eigenvalue weighted by molar-refractivity contribution is 7.90. The standard InChI is InChI=1S/C18H14Cl3NO4S/c19-12-7-8-15-11(9-12)10-13(3-1-6-17(23)24)22(15)27(25,26)16-5-2-4-14(20)18(16)21/h2,4-5,7-10H,1,3,6H2,(H,23,24). The SMILES string of the molecule is O=C(O)CCCc1cc2cc(Cl)ccc2n1S(=O)(=O)c1cccc(Cl)c1Cl. The van der Waals surface area contributed by atoms with Crippen molar-refractivity contribution < 1.29 is 18.3 Å². The van der Waals surface area contributed by atoms with Gasteiger partial charge in [-0.05, 0) is 49.2 Å². The summed E-state index contributed by atoms with van der Waals surface area (Å²) in [6.07, 6.45) is 0.481. The molecule has 9 heteroatoms. The van der Waals surface area contributed by atoms with Gasteiger partial charge in [-0.15, -0.1) is 0 Å². The van der Waals surface area contributed by atoms with E-state index in [1.54, 1.807) is 24.3 Å². The minimum Gasteiger partial charge on any atom is -0.481 e. The van der Waals surface area contributed by atoms with E-state index < -0.39 is 16.0 Å². The van der Waals surface area contributed by atoms with Crippen LogP contribution in [0.3, 0.4) is 0 Å². The predicted octanol–water partition coefficient (Wildman–Crippen LogP) is 5.25. The van der Waals surface area contributed by atoms with Crippen molar-refractivity contribution in [2.24, 2.45) is 0 Å². The van der Waals surface area contributed by atoms with Crippen molar-refractivity contribution in [3.05, 3.63) is 63.2 Å². The van der Waals surface area contributed by atoms with Gasteiger partial charge in [0.1, 0.15) is 4.90 Å². The first kappa shape index (κ1) is 20.0. The molecule has 1 aromatic heterocycles. The van der Waals surface area contributed by atoms with Crippen molar-refractivity contribution in [2.45, 2.75) is 24.2 Å². The number of aryl methyl sites for hydroxylation is 1. The highest BCUT2D eigenvalue weighted by Gasteiger charge is 2.26. The Morgan fingerprint density at radius 2 is 1.81 bits per heavy atom. The Kier molecular flexibility index (Phi) is 5.72. The van der Waals surface area contributed by atoms with E-state index in [0.29, 0.717) is 21.6 Å². The van der Waals surface area contributed by atoms with Crippen molar-refractivity contribution in [3.8, 4) is 0 Å². The maximum Gasteiger partial charge on any atom is 0.303 e. The largest absolute Gasteiger partial charge is 0.481 e. The average molecular weight is 447 g/mol. The second-order valence-electron chi connectivity index (χ2n) is 5.91. The van der Waals surface area contributed by atoms with Gasteiger partial charge in [0.2, 0.25) is 0 Å². The van der Waals surface area contributed by atoms with Gasteiger partial charge in [0.25, 0.3) is 10.0 Å². The van der Waals surface area contributed by atoms with E-state index in [1.807, 2.05) is 0 Å². The Morgan fingerprint density at radius 3 is 2.52 bits per heavy atom. The van der Waals surface area contributed by atoms with Crippen LogP contribution in [0, 0.1) is 0 Å². The molecule has 27 heavy (non-hydrogen) atoms. The maximum absolute atomic E-state index is 13.4. The van der Waals surface area contributed by atoms with Gasteiger partial charge in [-0.3, -0.25) is 4.79 Å². The number of rotatable bonds is 6. The Labute approximate surface area is 171 Å². The van der Waals surface area contributed by atoms with Gasteiger partial charge >= 0.3 is 5.97 Å². The fourth-order valence-electron chi connectivity index (χ4n) is 2.88. The molecule has 0 aliphatic carbocycles. The second-order valence-corrected chi connectivity index (χ2v) is 8.88. The third-order valence-electron chi connectivity index (χ3n) is 4.05. The van der Waals surface area contributed by atoms with Crippen molar-refractivity contribution in [3.63, 3.8) is 0 Å². The number of aliphatic carboxylic acids is 1. The van der Waals surface area contributed by atoms with Crippen LogP contribution in [0.5, 0.6) is 0 Å². The summed E-state index contributed by atoms with van der Waals surface area (Å²) in [6, 6.07) is 10.9. The number of nitrogens with zero attached hydrogens (tertiary/aromatic N) is 1. The molecular weight excluding hydrogens is 433 g/mol. The molecule has 0 saturated heterocycles. The lowest BCUT2D eigenvalue weighted by atomic mass is 10.2. The second kappa shape index (κ2) is 7.72. The Balaban J connectivity index is 2.21. The molecule has 3 rings (SSSR count). The van der Waals surface area contributed by atoms with E-state index in [0.717, 1.165) is 0 Å². The first-order chi connectivity index (χ1) is 12.7. The molecule has 0 bridgehead atoms. The van der Waals surface area contributed by atoms with Crippen LogP contribution in [0.4, 0.5) is 0 Å². The summed E-state index contributed by atoms with van der Waals surface area (Å²) in [5.74, 6) is -0.943. The molecule has 0 aliphatic rings. The van der Waals surface area contributed by atoms with Crippen molar-refractivity contribution >= 4 is 61.7 Å². The molecule has 1 heterocycles. The van der Waals surface area contributed by atoms with Gasteiger partial charge in [0.05, 0.1) is 15.6 Å². The number of aromatic nitrogens is 1. The number of benzene rings is 2. The normalized spacial score (nSPS) is 11.8. The molecule has 0 unspecified atom stereocenters. The first-order valence-electron chi connectivity index (χ1n) is 7.93. The van der Waals surface area contributed by atoms with Crippen LogP contribution in [0.15, 0.2) is 47.4 Å². The molecule has 3 aromatic rings. The molecular formula is C18H14Cl3NO4S. The molecule has 5 nitrogen and oxygen atoms in total. The van der Waals surface area contributed by atoms with Crippen molar-refractivity contribution in [1.29, 1.82) is 0 Å². The van der Waals surface area contributed by atoms with E-state index in [2.05, 4.69) is 0 Å². The summed E-state index contributed by atoms with van der Waals surface area (Å²) in [7, 11) is -4.06. The molecule has 0 radical (unpaired) electrons. The van der Waals surface area contributed by atoms with Crippen LogP contribution < -0.4 is 0 Å². The zero-order valence-electron chi connectivity index (χ0n) is 13.8. The minimum absolute atomic E-state index is 0.0635. The summed E-state index contributed by atoms with van der Waals surface area (Å²) in [4.78, 5) is 10.7. The zero-order chi connectivity index (χ0) is 19.8. The molecule has 0 fully saturated rings. The minimum atomic E-state index is -4.06. The van der Waals surface area contributed by atoms with Gasteiger partial charge in [0.15, 0.2) is 0 Å². The van der Waals surface area contributed by atoms with Crippen molar-refractivity contribution in [1.82, 2.24) is 3.97 Å². The summed E-state index contributed by atoms with van der Waals surface area (Å²) < 4.78 is 27.9. The molecule has 0 atom stereocenters. The molecule has 0 aliphatic heterocycles. The van der Waals surface area contributed by atoms with Gasteiger partial charge in [-0.2, -0.15) is 0 Å². The Hall–Kier alpha value is -1.73. The summed E-state index contributed by atoms with van der Waals surface area (Å²) >= 11 is 18.2. The average Bonchev–Trinajstić information content (AvgIpc) is 2.94. The molecule has 2 aromatic carbocycles. The van der Waals surface area contributed by atoms with Gasteiger partial charge in [0, 0.05) is 22.5 Å². The van der Waals surface area contributed by atoms with Gasteiger partial charge < -0.3 is 5.11 Å². The molecule has 142 valence electrons. The number of hydrogen-bond acceptors (Lipinski definition) is 3. The lowest BCUT2D eigenvalue weighted by molar-refractivity contribution is -0.137. The lowest BCUT2D eigenvalue weighted by Crippen LogP contribution is -2.16. The van der Waals surface area contributed by atoms with E-state index in [-0.39, 0.29) is 34.2 Å². The monoisotopic (exact) mass is 445 g/mol. The fraction of sp³-hybridized carbons (Fsp3) is 0.167. The summed E-state index contributed by atoms with van der Waals surface area (Å²) in [5.41, 5.74) is 0.880. The number of carboxylic acid groups (broad SMARTS) is 1.